The second-order valence-corrected chi connectivity index (χ2v) is 5.43. The van der Waals surface area contributed by atoms with Crippen molar-refractivity contribution in [3.63, 3.8) is 0 Å². The number of hydrogen-bond donors (Lipinski definition) is 1. The maximum atomic E-state index is 5.91. The molecule has 0 heterocycles. The van der Waals surface area contributed by atoms with Gasteiger partial charge in [0.1, 0.15) is 0 Å². The molecule has 1 saturated carbocycles. The van der Waals surface area contributed by atoms with Gasteiger partial charge < -0.3 is 10.1 Å². The van der Waals surface area contributed by atoms with Crippen LogP contribution in [0.25, 0.3) is 0 Å². The zero-order chi connectivity index (χ0) is 12.0. The van der Waals surface area contributed by atoms with Crippen LogP contribution < -0.4 is 5.32 Å². The van der Waals surface area contributed by atoms with Crippen molar-refractivity contribution in [2.45, 2.75) is 70.4 Å². The van der Waals surface area contributed by atoms with Gasteiger partial charge in [-0.2, -0.15) is 0 Å². The maximum Gasteiger partial charge on any atom is 0.0831 e. The molecule has 16 heavy (non-hydrogen) atoms. The molecule has 1 rings (SSSR count). The van der Waals surface area contributed by atoms with E-state index in [-0.39, 0.29) is 5.60 Å². The van der Waals surface area contributed by atoms with E-state index in [1.54, 1.807) is 0 Å². The molecule has 0 aliphatic heterocycles. The fourth-order valence-electron chi connectivity index (χ4n) is 3.02. The maximum absolute atomic E-state index is 5.91. The summed E-state index contributed by atoms with van der Waals surface area (Å²) in [6, 6.07) is 0.532. The lowest BCUT2D eigenvalue weighted by Gasteiger charge is -2.44. The average Bonchev–Trinajstić information content (AvgIpc) is 2.32. The summed E-state index contributed by atoms with van der Waals surface area (Å²) >= 11 is 0. The largest absolute Gasteiger partial charge is 0.377 e. The lowest BCUT2D eigenvalue weighted by atomic mass is 9.74. The van der Waals surface area contributed by atoms with Crippen molar-refractivity contribution in [3.05, 3.63) is 0 Å². The molecule has 0 radical (unpaired) electrons. The SMILES string of the molecule is CCCCC(NC)C1(OC)CCC(C)CC1. The third-order valence-electron chi connectivity index (χ3n) is 4.36. The van der Waals surface area contributed by atoms with Crippen LogP contribution in [-0.2, 0) is 4.74 Å². The zero-order valence-corrected chi connectivity index (χ0v) is 11.5. The summed E-state index contributed by atoms with van der Waals surface area (Å²) < 4.78 is 5.91. The van der Waals surface area contributed by atoms with Gasteiger partial charge in [0.25, 0.3) is 0 Å². The van der Waals surface area contributed by atoms with Crippen molar-refractivity contribution in [1.82, 2.24) is 5.32 Å². The summed E-state index contributed by atoms with van der Waals surface area (Å²) in [5.74, 6) is 0.881. The van der Waals surface area contributed by atoms with Gasteiger partial charge in [-0.25, -0.2) is 0 Å². The lowest BCUT2D eigenvalue weighted by molar-refractivity contribution is -0.0752. The zero-order valence-electron chi connectivity index (χ0n) is 11.5. The summed E-state index contributed by atoms with van der Waals surface area (Å²) in [6.07, 6.45) is 8.89. The number of nitrogens with one attached hydrogen (secondary N) is 1. The van der Waals surface area contributed by atoms with Crippen LogP contribution >= 0.6 is 0 Å². The first-order valence-corrected chi connectivity index (χ1v) is 6.91. The minimum absolute atomic E-state index is 0.108. The summed E-state index contributed by atoms with van der Waals surface area (Å²) in [6.45, 7) is 4.62. The van der Waals surface area contributed by atoms with E-state index in [0.29, 0.717) is 6.04 Å². The molecule has 2 nitrogen and oxygen atoms in total. The molecule has 2 heteroatoms. The van der Waals surface area contributed by atoms with Gasteiger partial charge >= 0.3 is 0 Å². The van der Waals surface area contributed by atoms with Crippen LogP contribution in [0.5, 0.6) is 0 Å². The minimum Gasteiger partial charge on any atom is -0.377 e. The van der Waals surface area contributed by atoms with Gasteiger partial charge in [-0.15, -0.1) is 0 Å². The van der Waals surface area contributed by atoms with Crippen molar-refractivity contribution in [2.75, 3.05) is 14.2 Å². The first-order chi connectivity index (χ1) is 7.68. The number of likely N-dealkylation sites (N-methyl/N-ethyl adjacent to an activating group) is 1. The standard InChI is InChI=1S/C14H29NO/c1-5-6-7-13(15-3)14(16-4)10-8-12(2)9-11-14/h12-13,15H,5-11H2,1-4H3. The van der Waals surface area contributed by atoms with E-state index in [2.05, 4.69) is 26.2 Å². The first-order valence-electron chi connectivity index (χ1n) is 6.91. The minimum atomic E-state index is 0.108. The molecule has 1 unspecified atom stereocenters. The second kappa shape index (κ2) is 6.61. The predicted octanol–water partition coefficient (Wildman–Crippen LogP) is 3.36. The lowest BCUT2D eigenvalue weighted by Crippen LogP contribution is -2.52. The van der Waals surface area contributed by atoms with E-state index < -0.39 is 0 Å². The normalized spacial score (nSPS) is 32.6. The quantitative estimate of drug-likeness (QED) is 0.751. The highest BCUT2D eigenvalue weighted by molar-refractivity contribution is 4.95. The van der Waals surface area contributed by atoms with Crippen molar-refractivity contribution >= 4 is 0 Å². The monoisotopic (exact) mass is 227 g/mol. The Morgan fingerprint density at radius 2 is 2.00 bits per heavy atom. The number of rotatable bonds is 6. The second-order valence-electron chi connectivity index (χ2n) is 5.43. The van der Waals surface area contributed by atoms with Gasteiger partial charge in [0.05, 0.1) is 5.60 Å². The molecule has 0 aromatic rings. The molecule has 0 saturated heterocycles. The molecule has 0 aromatic carbocycles. The molecule has 0 bridgehead atoms. The molecule has 1 fully saturated rings. The Bertz CT molecular complexity index is 185. The topological polar surface area (TPSA) is 21.3 Å². The Morgan fingerprint density at radius 1 is 1.38 bits per heavy atom. The van der Waals surface area contributed by atoms with Crippen LogP contribution in [0.4, 0.5) is 0 Å². The summed E-state index contributed by atoms with van der Waals surface area (Å²) in [4.78, 5) is 0. The van der Waals surface area contributed by atoms with Gasteiger partial charge in [-0.05, 0) is 45.1 Å². The third-order valence-corrected chi connectivity index (χ3v) is 4.36. The summed E-state index contributed by atoms with van der Waals surface area (Å²) in [5.41, 5.74) is 0.108. The Labute approximate surface area is 101 Å². The number of hydrogen-bond acceptors (Lipinski definition) is 2. The van der Waals surface area contributed by atoms with Crippen LogP contribution in [0.2, 0.25) is 0 Å². The Kier molecular flexibility index (Phi) is 5.77. The molecule has 96 valence electrons. The van der Waals surface area contributed by atoms with Crippen molar-refractivity contribution in [1.29, 1.82) is 0 Å². The summed E-state index contributed by atoms with van der Waals surface area (Å²) in [5, 5.41) is 3.49. The van der Waals surface area contributed by atoms with Crippen LogP contribution in [0.1, 0.15) is 58.8 Å². The van der Waals surface area contributed by atoms with Gasteiger partial charge in [0, 0.05) is 13.2 Å². The van der Waals surface area contributed by atoms with E-state index in [4.69, 9.17) is 4.74 Å². The number of unbranched alkanes of at least 4 members (excludes halogenated alkanes) is 1. The van der Waals surface area contributed by atoms with E-state index >= 15 is 0 Å². The molecular formula is C14H29NO. The average molecular weight is 227 g/mol. The van der Waals surface area contributed by atoms with Gasteiger partial charge in [-0.3, -0.25) is 0 Å². The molecule has 1 N–H and O–H groups in total. The highest BCUT2D eigenvalue weighted by Gasteiger charge is 2.40. The predicted molar refractivity (Wildman–Crippen MR) is 69.7 cm³/mol. The fourth-order valence-corrected chi connectivity index (χ4v) is 3.02. The van der Waals surface area contributed by atoms with Crippen molar-refractivity contribution < 1.29 is 4.74 Å². The van der Waals surface area contributed by atoms with Gasteiger partial charge in [-0.1, -0.05) is 26.7 Å². The Hall–Kier alpha value is -0.0800. The third kappa shape index (κ3) is 3.21. The molecule has 1 atom stereocenters. The molecular weight excluding hydrogens is 198 g/mol. The molecule has 1 aliphatic rings. The smallest absolute Gasteiger partial charge is 0.0831 e. The number of ether oxygens (including phenoxy) is 1. The first kappa shape index (κ1) is 14.0. The fraction of sp³-hybridized carbons (Fsp3) is 1.00. The highest BCUT2D eigenvalue weighted by atomic mass is 16.5. The van der Waals surface area contributed by atoms with Crippen LogP contribution in [0, 0.1) is 5.92 Å². The van der Waals surface area contributed by atoms with E-state index in [1.165, 1.54) is 44.9 Å². The molecule has 1 aliphatic carbocycles. The van der Waals surface area contributed by atoms with Crippen molar-refractivity contribution in [3.8, 4) is 0 Å². The van der Waals surface area contributed by atoms with Crippen LogP contribution in [-0.4, -0.2) is 25.8 Å². The molecule has 0 amide bonds. The Balaban J connectivity index is 2.61. The van der Waals surface area contributed by atoms with Gasteiger partial charge in [0.2, 0.25) is 0 Å². The van der Waals surface area contributed by atoms with E-state index in [1.807, 2.05) is 7.11 Å². The summed E-state index contributed by atoms with van der Waals surface area (Å²) in [7, 11) is 3.98. The van der Waals surface area contributed by atoms with Crippen LogP contribution in [0.3, 0.4) is 0 Å². The number of methoxy groups -OCH3 is 1. The Morgan fingerprint density at radius 3 is 2.44 bits per heavy atom. The van der Waals surface area contributed by atoms with Crippen LogP contribution in [0.15, 0.2) is 0 Å². The van der Waals surface area contributed by atoms with E-state index in [0.717, 1.165) is 5.92 Å². The molecule has 0 aromatic heterocycles. The highest BCUT2D eigenvalue weighted by Crippen LogP contribution is 2.38. The molecule has 0 spiro atoms. The van der Waals surface area contributed by atoms with Crippen molar-refractivity contribution in [2.24, 2.45) is 5.92 Å². The van der Waals surface area contributed by atoms with E-state index in [9.17, 15) is 0 Å². The van der Waals surface area contributed by atoms with Gasteiger partial charge in [0.15, 0.2) is 0 Å².